The summed E-state index contributed by atoms with van der Waals surface area (Å²) in [6, 6.07) is -0.762. The molecule has 0 spiro atoms. The highest BCUT2D eigenvalue weighted by Crippen LogP contribution is 1.78. The fourth-order valence-corrected chi connectivity index (χ4v) is 1.04. The monoisotopic (exact) mass is 180 g/mol. The minimum atomic E-state index is -0.762. The molecule has 7 heteroatoms. The van der Waals surface area contributed by atoms with E-state index in [1.165, 1.54) is 7.05 Å². The smallest absolute Gasteiger partial charge is 0.279 e. The first-order valence-corrected chi connectivity index (χ1v) is 3.40. The average Bonchev–Trinajstić information content (AvgIpc) is 2.44. The summed E-state index contributed by atoms with van der Waals surface area (Å²) in [6.07, 6.45) is 0. The highest BCUT2D eigenvalue weighted by Gasteiger charge is 2.11. The number of hydrogen-bond donors (Lipinski definition) is 1. The molecule has 13 heavy (non-hydrogen) atoms. The molecule has 1 aliphatic rings. The fraction of sp³-hybridized carbons (Fsp3) is 0.167. The molecular formula is C6H4N4O3. The largest absolute Gasteiger partial charge is 0.369 e. The highest BCUT2D eigenvalue weighted by atomic mass is 16.2. The van der Waals surface area contributed by atoms with Gasteiger partial charge in [-0.3, -0.25) is 14.3 Å². The lowest BCUT2D eigenvalue weighted by Crippen LogP contribution is -2.51. The number of H-pyrrole nitrogens is 1. The number of hydrogen-bond acceptors (Lipinski definition) is 3. The summed E-state index contributed by atoms with van der Waals surface area (Å²) < 4.78 is 1.06. The van der Waals surface area contributed by atoms with Gasteiger partial charge in [-0.25, -0.2) is 9.59 Å². The molecular weight excluding hydrogens is 176 g/mol. The van der Waals surface area contributed by atoms with Crippen LogP contribution in [0.25, 0.3) is 0 Å². The molecule has 1 aliphatic heterocycles. The van der Waals surface area contributed by atoms with Crippen LogP contribution in [0.15, 0.2) is 19.6 Å². The van der Waals surface area contributed by atoms with E-state index in [4.69, 9.17) is 0 Å². The van der Waals surface area contributed by atoms with Crippen molar-refractivity contribution in [1.29, 1.82) is 0 Å². The number of carbonyl (C=O) groups is 1. The average molecular weight is 180 g/mol. The molecule has 0 saturated carbocycles. The van der Waals surface area contributed by atoms with E-state index in [0.29, 0.717) is 0 Å². The van der Waals surface area contributed by atoms with Gasteiger partial charge in [-0.05, 0) is 0 Å². The third kappa shape index (κ3) is 0.934. The summed E-state index contributed by atoms with van der Waals surface area (Å²) in [5, 5.41) is -0.105. The van der Waals surface area contributed by atoms with Crippen LogP contribution in [0.2, 0.25) is 0 Å². The van der Waals surface area contributed by atoms with Crippen molar-refractivity contribution in [1.82, 2.24) is 9.55 Å². The van der Waals surface area contributed by atoms with Gasteiger partial charge < -0.3 is 0 Å². The third-order valence-electron chi connectivity index (χ3n) is 1.68. The Kier molecular flexibility index (Phi) is 1.30. The molecule has 0 unspecified atom stereocenters. The van der Waals surface area contributed by atoms with E-state index in [1.54, 1.807) is 0 Å². The van der Waals surface area contributed by atoms with E-state index in [0.717, 1.165) is 4.57 Å². The maximum absolute atomic E-state index is 11.1. The van der Waals surface area contributed by atoms with Crippen molar-refractivity contribution in [2.75, 3.05) is 0 Å². The Bertz CT molecular complexity index is 621. The zero-order valence-electron chi connectivity index (χ0n) is 6.57. The summed E-state index contributed by atoms with van der Waals surface area (Å²) >= 11 is 0. The second-order valence-electron chi connectivity index (χ2n) is 2.50. The molecule has 2 amide bonds. The molecule has 1 aromatic heterocycles. The van der Waals surface area contributed by atoms with Crippen molar-refractivity contribution < 1.29 is 4.79 Å². The lowest BCUT2D eigenvalue weighted by molar-refractivity contribution is 0.256. The Balaban J connectivity index is 3.21. The van der Waals surface area contributed by atoms with Crippen LogP contribution in [-0.2, 0) is 7.05 Å². The predicted octanol–water partition coefficient (Wildman–Crippen LogP) is -2.55. The van der Waals surface area contributed by atoms with Crippen molar-refractivity contribution in [3.63, 3.8) is 0 Å². The quantitative estimate of drug-likeness (QED) is 0.475. The van der Waals surface area contributed by atoms with Crippen molar-refractivity contribution in [3.8, 4) is 0 Å². The Labute approximate surface area is 70.1 Å². The van der Waals surface area contributed by atoms with E-state index in [1.807, 2.05) is 4.98 Å². The van der Waals surface area contributed by atoms with Gasteiger partial charge in [0.1, 0.15) is 0 Å². The van der Waals surface area contributed by atoms with Crippen LogP contribution >= 0.6 is 0 Å². The Morgan fingerprint density at radius 3 is 2.62 bits per heavy atom. The molecule has 7 nitrogen and oxygen atoms in total. The Hall–Kier alpha value is -2.05. The van der Waals surface area contributed by atoms with Crippen molar-refractivity contribution in [2.45, 2.75) is 0 Å². The molecule has 2 heterocycles. The number of urea groups is 1. The highest BCUT2D eigenvalue weighted by molar-refractivity contribution is 5.77. The molecule has 0 fully saturated rings. The fourth-order valence-electron chi connectivity index (χ4n) is 1.04. The van der Waals surface area contributed by atoms with Crippen molar-refractivity contribution in [3.05, 3.63) is 31.7 Å². The lowest BCUT2D eigenvalue weighted by Gasteiger charge is -1.91. The number of aromatic amines is 1. The summed E-state index contributed by atoms with van der Waals surface area (Å²) in [5.41, 5.74) is -1.29. The number of aromatic nitrogens is 2. The van der Waals surface area contributed by atoms with Crippen LogP contribution in [0.5, 0.6) is 0 Å². The van der Waals surface area contributed by atoms with Gasteiger partial charge in [0, 0.05) is 7.05 Å². The van der Waals surface area contributed by atoms with Crippen LogP contribution < -0.4 is 22.1 Å². The summed E-state index contributed by atoms with van der Waals surface area (Å²) in [4.78, 5) is 41.5. The number of nitrogens with one attached hydrogen (secondary N) is 1. The molecule has 0 saturated heterocycles. The topological polar surface area (TPSA) is 96.6 Å². The summed E-state index contributed by atoms with van der Waals surface area (Å²) in [5.74, 6) is 0. The number of carbonyl (C=O) groups excluding carboxylic acids is 1. The first-order valence-electron chi connectivity index (χ1n) is 3.40. The Morgan fingerprint density at radius 1 is 1.23 bits per heavy atom. The van der Waals surface area contributed by atoms with E-state index >= 15 is 0 Å². The van der Waals surface area contributed by atoms with Crippen molar-refractivity contribution >= 4 is 6.03 Å². The van der Waals surface area contributed by atoms with E-state index in [9.17, 15) is 14.4 Å². The molecule has 0 aromatic carbocycles. The normalized spacial score (nSPS) is 13.5. The van der Waals surface area contributed by atoms with Crippen LogP contribution in [0.1, 0.15) is 0 Å². The van der Waals surface area contributed by atoms with Crippen LogP contribution in [0.3, 0.4) is 0 Å². The molecule has 1 aromatic rings. The van der Waals surface area contributed by atoms with E-state index in [-0.39, 0.29) is 10.8 Å². The third-order valence-corrected chi connectivity index (χ3v) is 1.68. The SMILES string of the molecule is Cn1c(=O)[nH]c(=O)c2c1=NC(=O)N=2. The van der Waals surface area contributed by atoms with Gasteiger partial charge in [0.2, 0.25) is 0 Å². The molecule has 0 aliphatic carbocycles. The first kappa shape index (κ1) is 7.59. The molecule has 66 valence electrons. The van der Waals surface area contributed by atoms with Gasteiger partial charge in [0.05, 0.1) is 0 Å². The number of rotatable bonds is 0. The molecule has 0 bridgehead atoms. The van der Waals surface area contributed by atoms with Gasteiger partial charge in [-0.15, -0.1) is 0 Å². The molecule has 0 radical (unpaired) electrons. The zero-order valence-corrected chi connectivity index (χ0v) is 6.57. The van der Waals surface area contributed by atoms with Gasteiger partial charge in [-0.1, -0.05) is 0 Å². The van der Waals surface area contributed by atoms with Crippen LogP contribution in [0, 0.1) is 0 Å². The van der Waals surface area contributed by atoms with Gasteiger partial charge >= 0.3 is 11.7 Å². The van der Waals surface area contributed by atoms with Gasteiger partial charge in [0.15, 0.2) is 10.8 Å². The summed E-state index contributed by atoms with van der Waals surface area (Å²) in [6.45, 7) is 0. The zero-order chi connectivity index (χ0) is 9.59. The van der Waals surface area contributed by atoms with Gasteiger partial charge in [-0.2, -0.15) is 9.98 Å². The van der Waals surface area contributed by atoms with Crippen molar-refractivity contribution in [2.24, 2.45) is 17.0 Å². The van der Waals surface area contributed by atoms with Crippen LogP contribution in [0.4, 0.5) is 4.79 Å². The molecule has 0 atom stereocenters. The second-order valence-corrected chi connectivity index (χ2v) is 2.50. The Morgan fingerprint density at radius 2 is 1.92 bits per heavy atom. The van der Waals surface area contributed by atoms with E-state index in [2.05, 4.69) is 9.98 Å². The van der Waals surface area contributed by atoms with E-state index < -0.39 is 17.3 Å². The van der Waals surface area contributed by atoms with Crippen LogP contribution in [-0.4, -0.2) is 15.6 Å². The summed E-state index contributed by atoms with van der Waals surface area (Å²) in [7, 11) is 1.40. The molecule has 2 rings (SSSR count). The minimum absolute atomic E-state index is 0.0127. The maximum Gasteiger partial charge on any atom is 0.369 e. The standard InChI is InChI=1S/C6H4N4O3/c1-10-3-2(7-5(12)8-3)4(11)9-6(10)13/h1H3,(H,9,11,13). The predicted molar refractivity (Wildman–Crippen MR) is 40.0 cm³/mol. The second kappa shape index (κ2) is 2.22. The number of nitrogens with zero attached hydrogens (tertiary/aromatic N) is 3. The molecule has 1 N–H and O–H groups in total. The minimum Gasteiger partial charge on any atom is -0.279 e. The maximum atomic E-state index is 11.1. The first-order chi connectivity index (χ1) is 6.09. The van der Waals surface area contributed by atoms with Gasteiger partial charge in [0.25, 0.3) is 5.56 Å². The number of fused-ring (bicyclic) bond motifs is 1. The number of amides is 2. The lowest BCUT2D eigenvalue weighted by atomic mass is 10.6.